The molecule has 0 saturated heterocycles. The van der Waals surface area contributed by atoms with E-state index in [1.165, 1.54) is 11.3 Å². The minimum Gasteiger partial charge on any atom is -0.485 e. The van der Waals surface area contributed by atoms with Crippen LogP contribution in [0.15, 0.2) is 121 Å². The van der Waals surface area contributed by atoms with E-state index in [2.05, 4.69) is 104 Å². The second-order valence-corrected chi connectivity index (χ2v) is 10.3. The molecular weight excluding hydrogens is 530 g/mol. The first-order valence-corrected chi connectivity index (χ1v) is 15.3. The molecule has 0 spiro atoms. The Bertz CT molecular complexity index is 1240. The molecule has 2 aromatic carbocycles. The third-order valence-corrected chi connectivity index (χ3v) is 7.39. The van der Waals surface area contributed by atoms with E-state index in [1.807, 2.05) is 63.6 Å². The van der Waals surface area contributed by atoms with Crippen molar-refractivity contribution in [3.63, 3.8) is 0 Å². The molecule has 6 heteroatoms. The lowest BCUT2D eigenvalue weighted by Crippen LogP contribution is -2.34. The smallest absolute Gasteiger partial charge is 0.136 e. The Balaban J connectivity index is 0.000000442. The van der Waals surface area contributed by atoms with Crippen molar-refractivity contribution in [2.75, 3.05) is 37.4 Å². The second-order valence-electron chi connectivity index (χ2n) is 10.3. The number of likely N-dealkylation sites (N-methyl/N-ethyl adjacent to an activating group) is 1. The Morgan fingerprint density at radius 3 is 2.12 bits per heavy atom. The number of hydrogen-bond donors (Lipinski definition) is 4. The number of nitrogens with zero attached hydrogens (tertiary/aromatic N) is 1. The van der Waals surface area contributed by atoms with Gasteiger partial charge in [0.2, 0.25) is 0 Å². The van der Waals surface area contributed by atoms with Crippen LogP contribution in [-0.4, -0.2) is 39.3 Å². The van der Waals surface area contributed by atoms with Crippen LogP contribution >= 0.6 is 0 Å². The van der Waals surface area contributed by atoms with Gasteiger partial charge >= 0.3 is 0 Å². The summed E-state index contributed by atoms with van der Waals surface area (Å²) in [5.74, 6) is 0.615. The average Bonchev–Trinajstić information content (AvgIpc) is 3.04. The SMILES string of the molecule is C=C(/C=C/C(/C=C\CC)=C/C)O[C@H]1C=CC=CC1N.CCN(CC)c1ccc(C(N)C(NC)c2ccc(NC)cc2)cc1.[HH]. The molecule has 1 aliphatic rings. The minimum absolute atomic E-state index is 0. The van der Waals surface area contributed by atoms with Gasteiger partial charge in [0.25, 0.3) is 0 Å². The molecule has 4 atom stereocenters. The summed E-state index contributed by atoms with van der Waals surface area (Å²) in [7, 11) is 3.88. The van der Waals surface area contributed by atoms with Crippen molar-refractivity contribution >= 4 is 11.4 Å². The summed E-state index contributed by atoms with van der Waals surface area (Å²) in [4.78, 5) is 2.33. The number of anilines is 2. The lowest BCUT2D eigenvalue weighted by Gasteiger charge is -2.26. The van der Waals surface area contributed by atoms with Crippen LogP contribution in [0.3, 0.4) is 0 Å². The third kappa shape index (κ3) is 11.4. The molecule has 0 amide bonds. The van der Waals surface area contributed by atoms with Crippen molar-refractivity contribution in [3.05, 3.63) is 132 Å². The van der Waals surface area contributed by atoms with Crippen molar-refractivity contribution in [2.24, 2.45) is 11.5 Å². The van der Waals surface area contributed by atoms with E-state index in [9.17, 15) is 0 Å². The molecule has 0 heterocycles. The van der Waals surface area contributed by atoms with Gasteiger partial charge in [-0.05, 0) is 87.4 Å². The Morgan fingerprint density at radius 2 is 1.58 bits per heavy atom. The predicted molar refractivity (Wildman–Crippen MR) is 189 cm³/mol. The average molecular weight is 586 g/mol. The number of ether oxygens (including phenoxy) is 1. The summed E-state index contributed by atoms with van der Waals surface area (Å²) in [6, 6.07) is 16.9. The van der Waals surface area contributed by atoms with Gasteiger partial charge in [0.05, 0.1) is 12.1 Å². The summed E-state index contributed by atoms with van der Waals surface area (Å²) in [5.41, 5.74) is 18.3. The van der Waals surface area contributed by atoms with Crippen molar-refractivity contribution in [1.29, 1.82) is 0 Å². The molecule has 0 fully saturated rings. The fourth-order valence-electron chi connectivity index (χ4n) is 4.73. The number of allylic oxidation sites excluding steroid dienone is 8. The maximum atomic E-state index is 6.55. The molecule has 43 heavy (non-hydrogen) atoms. The van der Waals surface area contributed by atoms with Gasteiger partial charge in [-0.2, -0.15) is 0 Å². The van der Waals surface area contributed by atoms with E-state index in [0.29, 0.717) is 5.76 Å². The Hall–Kier alpha value is -3.84. The van der Waals surface area contributed by atoms with Crippen LogP contribution in [0.25, 0.3) is 0 Å². The summed E-state index contributed by atoms with van der Waals surface area (Å²) < 4.78 is 5.71. The molecule has 1 aliphatic carbocycles. The number of rotatable bonds is 14. The third-order valence-electron chi connectivity index (χ3n) is 7.39. The van der Waals surface area contributed by atoms with Gasteiger partial charge in [-0.25, -0.2) is 0 Å². The van der Waals surface area contributed by atoms with Gasteiger partial charge in [-0.1, -0.05) is 80.3 Å². The highest BCUT2D eigenvalue weighted by molar-refractivity contribution is 5.49. The van der Waals surface area contributed by atoms with Gasteiger partial charge in [0.1, 0.15) is 11.9 Å². The number of nitrogens with two attached hydrogens (primary N) is 2. The van der Waals surface area contributed by atoms with Crippen LogP contribution in [0.4, 0.5) is 11.4 Å². The Labute approximate surface area is 262 Å². The molecule has 234 valence electrons. The first-order valence-electron chi connectivity index (χ1n) is 15.3. The standard InChI is InChI=1S/C20H30N4.C17H23NO.H2/c1-5-24(6-2)18-13-9-15(10-14-18)19(21)20(23-4)16-7-11-17(22-3)12-8-16;1-4-6-9-15(5-2)13-12-14(3)19-17-11-8-7-10-16(17)18;/h7-14,19-20,22-23H,5-6,21H2,1-4H3;5-13,16-17H,3-4,18H2,1-2H3;1H/b;9-6-,13-12+,15-5+;/t;16?,17-;/m.0./s1. The fourth-order valence-corrected chi connectivity index (χ4v) is 4.73. The summed E-state index contributed by atoms with van der Waals surface area (Å²) in [6.45, 7) is 14.4. The minimum atomic E-state index is -0.137. The lowest BCUT2D eigenvalue weighted by molar-refractivity contribution is 0.153. The van der Waals surface area contributed by atoms with Crippen molar-refractivity contribution in [1.82, 2.24) is 5.32 Å². The van der Waals surface area contributed by atoms with Gasteiger partial charge < -0.3 is 31.7 Å². The zero-order chi connectivity index (χ0) is 31.6. The van der Waals surface area contributed by atoms with E-state index in [0.717, 1.165) is 36.3 Å². The van der Waals surface area contributed by atoms with E-state index < -0.39 is 0 Å². The van der Waals surface area contributed by atoms with E-state index in [-0.39, 0.29) is 25.7 Å². The molecule has 0 aromatic heterocycles. The molecular formula is C37H55N5O. The maximum absolute atomic E-state index is 6.55. The number of hydrogen-bond acceptors (Lipinski definition) is 6. The molecule has 3 rings (SSSR count). The second kappa shape index (κ2) is 19.4. The maximum Gasteiger partial charge on any atom is 0.136 e. The van der Waals surface area contributed by atoms with Gasteiger partial charge in [0.15, 0.2) is 0 Å². The zero-order valence-corrected chi connectivity index (χ0v) is 27.0. The van der Waals surface area contributed by atoms with Gasteiger partial charge in [-0.15, -0.1) is 0 Å². The quantitative estimate of drug-likeness (QED) is 0.135. The monoisotopic (exact) mass is 585 g/mol. The molecule has 6 nitrogen and oxygen atoms in total. The number of benzene rings is 2. The van der Waals surface area contributed by atoms with Crippen LogP contribution in [0.2, 0.25) is 0 Å². The lowest BCUT2D eigenvalue weighted by atomic mass is 9.94. The van der Waals surface area contributed by atoms with Crippen molar-refractivity contribution < 1.29 is 6.16 Å². The molecule has 0 aliphatic heterocycles. The summed E-state index contributed by atoms with van der Waals surface area (Å²) in [5, 5.41) is 6.50. The highest BCUT2D eigenvalue weighted by Gasteiger charge is 2.20. The zero-order valence-electron chi connectivity index (χ0n) is 27.0. The van der Waals surface area contributed by atoms with Crippen LogP contribution in [0.5, 0.6) is 0 Å². The summed E-state index contributed by atoms with van der Waals surface area (Å²) >= 11 is 0. The van der Waals surface area contributed by atoms with Crippen LogP contribution < -0.4 is 27.0 Å². The van der Waals surface area contributed by atoms with E-state index in [4.69, 9.17) is 16.2 Å². The van der Waals surface area contributed by atoms with Crippen LogP contribution in [0, 0.1) is 0 Å². The van der Waals surface area contributed by atoms with Gasteiger partial charge in [-0.3, -0.25) is 0 Å². The van der Waals surface area contributed by atoms with E-state index in [1.54, 1.807) is 0 Å². The first kappa shape index (κ1) is 35.4. The molecule has 6 N–H and O–H groups in total. The van der Waals surface area contributed by atoms with Crippen molar-refractivity contribution in [3.8, 4) is 0 Å². The molecule has 0 radical (unpaired) electrons. The molecule has 3 unspecified atom stereocenters. The number of nitrogens with one attached hydrogen (secondary N) is 2. The highest BCUT2D eigenvalue weighted by atomic mass is 16.5. The van der Waals surface area contributed by atoms with Crippen molar-refractivity contribution in [2.45, 2.75) is 58.3 Å². The Morgan fingerprint density at radius 1 is 0.953 bits per heavy atom. The summed E-state index contributed by atoms with van der Waals surface area (Å²) in [6.07, 6.45) is 18.7. The predicted octanol–water partition coefficient (Wildman–Crippen LogP) is 7.59. The highest BCUT2D eigenvalue weighted by Crippen LogP contribution is 2.29. The largest absolute Gasteiger partial charge is 0.485 e. The normalized spacial score (nSPS) is 17.8. The molecule has 2 aromatic rings. The van der Waals surface area contributed by atoms with E-state index >= 15 is 0 Å². The fraction of sp³-hybridized carbons (Fsp3) is 0.351. The topological polar surface area (TPSA) is 88.6 Å². The Kier molecular flexibility index (Phi) is 15.9. The van der Waals surface area contributed by atoms with Gasteiger partial charge in [0, 0.05) is 39.0 Å². The first-order chi connectivity index (χ1) is 20.8. The van der Waals surface area contributed by atoms with Crippen LogP contribution in [0.1, 0.15) is 58.8 Å². The van der Waals surface area contributed by atoms with Crippen LogP contribution in [-0.2, 0) is 4.74 Å². The molecule has 0 bridgehead atoms. The molecule has 0 saturated carbocycles.